The van der Waals surface area contributed by atoms with Crippen LogP contribution in [0.1, 0.15) is 54.0 Å². The molecule has 222 valence electrons. The molecule has 3 N–H and O–H groups in total. The van der Waals surface area contributed by atoms with E-state index < -0.39 is 11.9 Å². The highest BCUT2D eigenvalue weighted by atomic mass is 16.2. The zero-order chi connectivity index (χ0) is 31.5. The molecular weight excluding hydrogens is 552 g/mol. The number of hydrogen-bond donors (Lipinski definition) is 2. The minimum absolute atomic E-state index is 0.0545. The van der Waals surface area contributed by atoms with Crippen LogP contribution >= 0.6 is 0 Å². The summed E-state index contributed by atoms with van der Waals surface area (Å²) >= 11 is 0. The summed E-state index contributed by atoms with van der Waals surface area (Å²) in [5.74, 6) is 6.26. The van der Waals surface area contributed by atoms with Gasteiger partial charge < -0.3 is 11.1 Å². The molecule has 0 fully saturated rings. The van der Waals surface area contributed by atoms with Crippen LogP contribution in [-0.2, 0) is 14.1 Å². The van der Waals surface area contributed by atoms with Crippen molar-refractivity contribution >= 4 is 34.0 Å². The van der Waals surface area contributed by atoms with Crippen molar-refractivity contribution in [2.75, 3.05) is 5.73 Å². The van der Waals surface area contributed by atoms with Gasteiger partial charge in [0.15, 0.2) is 11.6 Å². The number of carbonyl (C=O) groups is 1. The largest absolute Gasteiger partial charge is 0.381 e. The number of anilines is 1. The number of hydrogen-bond acceptors (Lipinski definition) is 6. The molecule has 3 aromatic heterocycles. The molecule has 0 saturated heterocycles. The van der Waals surface area contributed by atoms with Crippen LogP contribution in [0.5, 0.6) is 0 Å². The molecule has 0 saturated carbocycles. The van der Waals surface area contributed by atoms with E-state index in [4.69, 9.17) is 5.73 Å². The fourth-order valence-corrected chi connectivity index (χ4v) is 5.03. The van der Waals surface area contributed by atoms with E-state index in [-0.39, 0.29) is 22.9 Å². The van der Waals surface area contributed by atoms with E-state index in [1.165, 1.54) is 4.68 Å². The van der Waals surface area contributed by atoms with E-state index >= 15 is 0 Å². The van der Waals surface area contributed by atoms with Crippen molar-refractivity contribution in [1.82, 2.24) is 29.4 Å². The number of aromatic nitrogens is 5. The average molecular weight is 587 g/mol. The lowest BCUT2D eigenvalue weighted by molar-refractivity contribution is 0.0940. The van der Waals surface area contributed by atoms with E-state index in [1.807, 2.05) is 88.6 Å². The molecule has 0 radical (unpaired) electrons. The number of aryl methyl sites for hydroxylation is 2. The van der Waals surface area contributed by atoms with Gasteiger partial charge in [0.05, 0.1) is 23.2 Å². The van der Waals surface area contributed by atoms with Crippen molar-refractivity contribution in [2.24, 2.45) is 25.0 Å². The summed E-state index contributed by atoms with van der Waals surface area (Å²) in [6, 6.07) is 16.2. The van der Waals surface area contributed by atoms with E-state index in [0.29, 0.717) is 39.2 Å². The Labute approximate surface area is 255 Å². The van der Waals surface area contributed by atoms with Crippen molar-refractivity contribution in [3.8, 4) is 17.5 Å². The van der Waals surface area contributed by atoms with Crippen LogP contribution in [0.4, 0.5) is 11.6 Å². The number of nitrogens with zero attached hydrogens (tertiary/aromatic N) is 6. The Balaban J connectivity index is 1.62. The van der Waals surface area contributed by atoms with Gasteiger partial charge in [0.2, 0.25) is 0 Å². The van der Waals surface area contributed by atoms with E-state index in [1.54, 1.807) is 28.6 Å². The molecule has 10 heteroatoms. The third-order valence-electron chi connectivity index (χ3n) is 7.23. The van der Waals surface area contributed by atoms with Gasteiger partial charge in [0, 0.05) is 42.9 Å². The highest BCUT2D eigenvalue weighted by Gasteiger charge is 2.25. The fraction of sp³-hybridized carbons (Fsp3) is 0.206. The molecular formula is C34H34N8O2. The van der Waals surface area contributed by atoms with Gasteiger partial charge in [-0.1, -0.05) is 62.6 Å². The van der Waals surface area contributed by atoms with Crippen molar-refractivity contribution in [2.45, 2.75) is 26.8 Å². The standard InChI is InChI=1S/C34H34N8O2/c1-7-27(21(2)3)38-32-30(31(35)39-41(32)6)33(43)37-22(4)28-18-25-13-11-12-24(17-16-23-19-36-40(5)20-23)29(25)34(44)42(28)26-14-9-8-10-15-26/h7-15,18-22H,1H2,2-6H3,(H2,35,39)(H,37,43)/b38-27+. The summed E-state index contributed by atoms with van der Waals surface area (Å²) < 4.78 is 4.77. The highest BCUT2D eigenvalue weighted by Crippen LogP contribution is 2.28. The Morgan fingerprint density at radius 2 is 1.84 bits per heavy atom. The molecule has 1 atom stereocenters. The number of amides is 1. The van der Waals surface area contributed by atoms with Gasteiger partial charge in [-0.3, -0.25) is 18.8 Å². The second-order valence-corrected chi connectivity index (χ2v) is 10.8. The van der Waals surface area contributed by atoms with Crippen LogP contribution in [-0.4, -0.2) is 35.7 Å². The second-order valence-electron chi connectivity index (χ2n) is 10.8. The van der Waals surface area contributed by atoms with Gasteiger partial charge >= 0.3 is 0 Å². The van der Waals surface area contributed by atoms with Crippen molar-refractivity contribution in [3.63, 3.8) is 0 Å². The number of para-hydroxylation sites is 1. The number of benzene rings is 2. The Kier molecular flexibility index (Phi) is 8.31. The van der Waals surface area contributed by atoms with E-state index in [2.05, 4.69) is 38.9 Å². The highest BCUT2D eigenvalue weighted by molar-refractivity contribution is 6.05. The molecule has 44 heavy (non-hydrogen) atoms. The SMILES string of the molecule is C=C/C(=N\c1c(C(=O)NC(C)c2cc3cccc(C#Cc4cnn(C)c4)c3c(=O)n2-c2ccccc2)c(N)nn1C)C(C)C. The van der Waals surface area contributed by atoms with Crippen molar-refractivity contribution in [3.05, 3.63) is 112 Å². The third kappa shape index (κ3) is 5.80. The summed E-state index contributed by atoms with van der Waals surface area (Å²) in [6.07, 6.45) is 5.15. The number of nitrogens with one attached hydrogen (secondary N) is 1. The lowest BCUT2D eigenvalue weighted by atomic mass is 10.0. The number of pyridine rings is 1. The summed E-state index contributed by atoms with van der Waals surface area (Å²) in [5, 5.41) is 12.6. The van der Waals surface area contributed by atoms with Crippen molar-refractivity contribution < 1.29 is 4.79 Å². The minimum atomic E-state index is -0.606. The number of nitrogen functional groups attached to an aromatic ring is 1. The second kappa shape index (κ2) is 12.3. The first-order valence-corrected chi connectivity index (χ1v) is 14.2. The summed E-state index contributed by atoms with van der Waals surface area (Å²) in [7, 11) is 3.51. The summed E-state index contributed by atoms with van der Waals surface area (Å²) in [6.45, 7) is 9.64. The Morgan fingerprint density at radius 1 is 1.09 bits per heavy atom. The van der Waals surface area contributed by atoms with Crippen LogP contribution in [0.15, 0.2) is 89.4 Å². The molecule has 0 aliphatic rings. The Bertz CT molecular complexity index is 2030. The van der Waals surface area contributed by atoms with Gasteiger partial charge in [-0.2, -0.15) is 10.2 Å². The monoisotopic (exact) mass is 586 g/mol. The first-order chi connectivity index (χ1) is 21.1. The number of allylic oxidation sites excluding steroid dienone is 1. The maximum atomic E-state index is 14.3. The van der Waals surface area contributed by atoms with Gasteiger partial charge in [-0.25, -0.2) is 9.67 Å². The molecule has 0 bridgehead atoms. The van der Waals surface area contributed by atoms with Gasteiger partial charge in [-0.05, 0) is 48.6 Å². The molecule has 0 aliphatic carbocycles. The zero-order valence-electron chi connectivity index (χ0n) is 25.4. The predicted octanol–water partition coefficient (Wildman–Crippen LogP) is 4.85. The van der Waals surface area contributed by atoms with Gasteiger partial charge in [-0.15, -0.1) is 0 Å². The molecule has 10 nitrogen and oxygen atoms in total. The normalized spacial score (nSPS) is 12.2. The van der Waals surface area contributed by atoms with Crippen LogP contribution in [0.25, 0.3) is 16.5 Å². The van der Waals surface area contributed by atoms with Crippen LogP contribution < -0.4 is 16.6 Å². The quantitative estimate of drug-likeness (QED) is 0.208. The summed E-state index contributed by atoms with van der Waals surface area (Å²) in [4.78, 5) is 32.7. The maximum Gasteiger partial charge on any atom is 0.264 e. The topological polar surface area (TPSA) is 125 Å². The minimum Gasteiger partial charge on any atom is -0.381 e. The number of rotatable bonds is 7. The Hall–Kier alpha value is -5.69. The summed E-state index contributed by atoms with van der Waals surface area (Å²) in [5.41, 5.74) is 9.38. The first-order valence-electron chi connectivity index (χ1n) is 14.2. The molecule has 5 aromatic rings. The molecule has 1 unspecified atom stereocenters. The number of fused-ring (bicyclic) bond motifs is 1. The van der Waals surface area contributed by atoms with Gasteiger partial charge in [0.1, 0.15) is 5.56 Å². The molecule has 1 amide bonds. The smallest absolute Gasteiger partial charge is 0.264 e. The number of aliphatic imine (C=N–C) groups is 1. The van der Waals surface area contributed by atoms with E-state index in [0.717, 1.165) is 5.56 Å². The van der Waals surface area contributed by atoms with Crippen LogP contribution in [0, 0.1) is 17.8 Å². The maximum absolute atomic E-state index is 14.3. The van der Waals surface area contributed by atoms with Crippen LogP contribution in [0.2, 0.25) is 0 Å². The molecule has 0 aliphatic heterocycles. The number of carbonyl (C=O) groups excluding carboxylic acids is 1. The molecule has 0 spiro atoms. The first kappa shape index (κ1) is 29.8. The van der Waals surface area contributed by atoms with Crippen LogP contribution in [0.3, 0.4) is 0 Å². The molecule has 5 rings (SSSR count). The van der Waals surface area contributed by atoms with Crippen molar-refractivity contribution in [1.29, 1.82) is 0 Å². The van der Waals surface area contributed by atoms with Gasteiger partial charge in [0.25, 0.3) is 11.5 Å². The third-order valence-corrected chi connectivity index (χ3v) is 7.23. The lowest BCUT2D eigenvalue weighted by Crippen LogP contribution is -2.32. The zero-order valence-corrected chi connectivity index (χ0v) is 25.4. The predicted molar refractivity (Wildman–Crippen MR) is 174 cm³/mol. The lowest BCUT2D eigenvalue weighted by Gasteiger charge is -2.21. The Morgan fingerprint density at radius 3 is 2.50 bits per heavy atom. The van der Waals surface area contributed by atoms with E-state index in [9.17, 15) is 9.59 Å². The average Bonchev–Trinajstić information content (AvgIpc) is 3.54. The molecule has 3 heterocycles. The molecule has 2 aromatic carbocycles. The number of nitrogens with two attached hydrogens (primary N) is 1. The fourth-order valence-electron chi connectivity index (χ4n) is 5.03.